The molecule has 0 spiro atoms. The number of carbonyl (C=O) groups is 2. The summed E-state index contributed by atoms with van der Waals surface area (Å²) in [7, 11) is 0. The number of thiazole rings is 1. The molecule has 2 aromatic carbocycles. The van der Waals surface area contributed by atoms with Gasteiger partial charge in [0, 0.05) is 79.7 Å². The highest BCUT2D eigenvalue weighted by molar-refractivity contribution is 7.11. The lowest BCUT2D eigenvalue weighted by Gasteiger charge is -2.48. The molecule has 0 radical (unpaired) electrons. The smallest absolute Gasteiger partial charge is 0.282 e. The number of hydrogen-bond donors (Lipinski definition) is 0. The highest BCUT2D eigenvalue weighted by atomic mass is 35.5. The van der Waals surface area contributed by atoms with Crippen molar-refractivity contribution in [3.8, 4) is 11.8 Å². The van der Waals surface area contributed by atoms with Gasteiger partial charge in [-0.25, -0.2) is 9.37 Å². The second-order valence-electron chi connectivity index (χ2n) is 9.38. The minimum atomic E-state index is -0.578. The summed E-state index contributed by atoms with van der Waals surface area (Å²) in [5.41, 5.74) is 1.87. The van der Waals surface area contributed by atoms with Crippen LogP contribution in [0.5, 0.6) is 0 Å². The Morgan fingerprint density at radius 3 is 2.55 bits per heavy atom. The molecule has 2 aromatic heterocycles. The molecule has 0 saturated carbocycles. The fraction of sp³-hybridized carbons (Fsp3) is 0.259. The number of carbonyl (C=O) groups excluding carboxylic acids is 2. The van der Waals surface area contributed by atoms with Gasteiger partial charge < -0.3 is 14.4 Å². The summed E-state index contributed by atoms with van der Waals surface area (Å²) < 4.78 is 15.6. The van der Waals surface area contributed by atoms with E-state index in [1.54, 1.807) is 35.2 Å². The van der Waals surface area contributed by atoms with Crippen molar-refractivity contribution in [1.29, 1.82) is 5.26 Å². The van der Waals surface area contributed by atoms with Crippen molar-refractivity contribution in [2.45, 2.75) is 6.04 Å². The van der Waals surface area contributed by atoms with Gasteiger partial charge in [0.2, 0.25) is 0 Å². The summed E-state index contributed by atoms with van der Waals surface area (Å²) in [6.45, 7) is 4.13. The second kappa shape index (κ2) is 9.83. The minimum Gasteiger partial charge on any atom is -0.335 e. The summed E-state index contributed by atoms with van der Waals surface area (Å²) >= 11 is 7.86. The van der Waals surface area contributed by atoms with E-state index in [0.29, 0.717) is 52.8 Å². The van der Waals surface area contributed by atoms with Crippen LogP contribution in [0.4, 0.5) is 4.39 Å². The normalized spacial score (nSPS) is 16.4. The molecule has 192 valence electrons. The number of hydrogen-bond acceptors (Lipinski definition) is 6. The summed E-state index contributed by atoms with van der Waals surface area (Å²) in [6, 6.07) is 11.8. The topological polar surface area (TPSA) is 85.5 Å². The van der Waals surface area contributed by atoms with Crippen LogP contribution in [-0.4, -0.2) is 81.4 Å². The molecule has 8 nitrogen and oxygen atoms in total. The summed E-state index contributed by atoms with van der Waals surface area (Å²) in [5.74, 6) is -0.651. The van der Waals surface area contributed by atoms with Crippen molar-refractivity contribution in [2.75, 3.05) is 39.3 Å². The first kappa shape index (κ1) is 24.6. The van der Waals surface area contributed by atoms with E-state index >= 15 is 0 Å². The third-order valence-corrected chi connectivity index (χ3v) is 8.30. The molecule has 0 aliphatic carbocycles. The molecule has 2 fully saturated rings. The first-order valence-electron chi connectivity index (χ1n) is 12.2. The van der Waals surface area contributed by atoms with E-state index < -0.39 is 5.82 Å². The van der Waals surface area contributed by atoms with Crippen molar-refractivity contribution in [2.24, 2.45) is 0 Å². The Morgan fingerprint density at radius 1 is 1.05 bits per heavy atom. The highest BCUT2D eigenvalue weighted by Crippen LogP contribution is 2.31. The largest absolute Gasteiger partial charge is 0.335 e. The monoisotopic (exact) mass is 548 g/mol. The van der Waals surface area contributed by atoms with Crippen LogP contribution >= 0.6 is 22.9 Å². The van der Waals surface area contributed by atoms with Crippen molar-refractivity contribution in [3.05, 3.63) is 81.1 Å². The maximum Gasteiger partial charge on any atom is 0.282 e. The molecular weight excluding hydrogens is 527 g/mol. The number of piperazine rings is 1. The predicted octanol–water partition coefficient (Wildman–Crippen LogP) is 4.03. The van der Waals surface area contributed by atoms with Gasteiger partial charge in [0.15, 0.2) is 5.01 Å². The summed E-state index contributed by atoms with van der Waals surface area (Å²) in [4.78, 5) is 35.8. The minimum absolute atomic E-state index is 0.0159. The Bertz CT molecular complexity index is 1580. The van der Waals surface area contributed by atoms with Gasteiger partial charge in [-0.2, -0.15) is 5.26 Å². The van der Waals surface area contributed by atoms with E-state index in [4.69, 9.17) is 16.9 Å². The highest BCUT2D eigenvalue weighted by Gasteiger charge is 2.37. The number of benzene rings is 2. The van der Waals surface area contributed by atoms with E-state index in [2.05, 4.69) is 9.88 Å². The fourth-order valence-electron chi connectivity index (χ4n) is 5.07. The average molecular weight is 549 g/mol. The number of rotatable bonds is 4. The van der Waals surface area contributed by atoms with Crippen LogP contribution in [0, 0.1) is 17.1 Å². The van der Waals surface area contributed by atoms with Gasteiger partial charge in [0.25, 0.3) is 11.8 Å². The van der Waals surface area contributed by atoms with Crippen LogP contribution in [0.15, 0.2) is 54.2 Å². The van der Waals surface area contributed by atoms with Crippen LogP contribution in [0.25, 0.3) is 16.6 Å². The van der Waals surface area contributed by atoms with Crippen molar-refractivity contribution < 1.29 is 14.0 Å². The Balaban J connectivity index is 1.10. The third kappa shape index (κ3) is 4.32. The molecule has 2 saturated heterocycles. The van der Waals surface area contributed by atoms with E-state index in [1.165, 1.54) is 23.5 Å². The zero-order chi connectivity index (χ0) is 26.4. The lowest BCUT2D eigenvalue weighted by Crippen LogP contribution is -2.64. The third-order valence-electron chi connectivity index (χ3n) is 7.23. The number of aromatic nitrogens is 2. The van der Waals surface area contributed by atoms with Crippen LogP contribution in [0.2, 0.25) is 5.02 Å². The number of amides is 2. The van der Waals surface area contributed by atoms with Crippen molar-refractivity contribution in [1.82, 2.24) is 24.3 Å². The van der Waals surface area contributed by atoms with Crippen molar-refractivity contribution in [3.63, 3.8) is 0 Å². The van der Waals surface area contributed by atoms with Gasteiger partial charge in [0.1, 0.15) is 11.9 Å². The molecule has 2 aliphatic rings. The van der Waals surface area contributed by atoms with Gasteiger partial charge in [-0.1, -0.05) is 11.6 Å². The number of likely N-dealkylation sites (tertiary alicyclic amines) is 1. The van der Waals surface area contributed by atoms with Crippen LogP contribution in [-0.2, 0) is 0 Å². The quantitative estimate of drug-likeness (QED) is 0.384. The second-order valence-corrected chi connectivity index (χ2v) is 10.7. The number of nitrogens with zero attached hydrogens (tertiary/aromatic N) is 6. The Morgan fingerprint density at radius 2 is 1.84 bits per heavy atom. The molecule has 11 heteroatoms. The van der Waals surface area contributed by atoms with E-state index in [0.717, 1.165) is 18.6 Å². The first-order valence-corrected chi connectivity index (χ1v) is 13.4. The number of fused-ring (bicyclic) bond motifs is 1. The number of nitriles is 1. The first-order chi connectivity index (χ1) is 18.4. The number of halogens is 2. The summed E-state index contributed by atoms with van der Waals surface area (Å²) in [6.07, 6.45) is 3.35. The Hall–Kier alpha value is -3.78. The molecule has 38 heavy (non-hydrogen) atoms. The van der Waals surface area contributed by atoms with Crippen LogP contribution in [0.1, 0.15) is 25.7 Å². The van der Waals surface area contributed by atoms with Gasteiger partial charge >= 0.3 is 0 Å². The maximum absolute atomic E-state index is 13.8. The van der Waals surface area contributed by atoms with Gasteiger partial charge in [0.05, 0.1) is 16.1 Å². The molecule has 4 aromatic rings. The molecule has 2 amide bonds. The lowest BCUT2D eigenvalue weighted by atomic mass is 10.0. The Kier molecular flexibility index (Phi) is 6.35. The standard InChI is InChI=1S/C27H22ClFN6O2S/c28-22-16-35(19-2-3-23(29)18(11-19)13-30)24-4-1-17(12-21(22)24)26(36)34-14-20(15-34)32-6-8-33(9-7-32)27(37)25-31-5-10-38-25/h1-5,10-12,16,20H,6-9,14-15H2. The maximum atomic E-state index is 13.8. The van der Waals surface area contributed by atoms with Crippen LogP contribution in [0.3, 0.4) is 0 Å². The molecule has 0 bridgehead atoms. The zero-order valence-corrected chi connectivity index (χ0v) is 21.8. The molecule has 4 heterocycles. The summed E-state index contributed by atoms with van der Waals surface area (Å²) in [5, 5.41) is 12.7. The van der Waals surface area contributed by atoms with Crippen molar-refractivity contribution >= 4 is 45.7 Å². The fourth-order valence-corrected chi connectivity index (χ4v) is 5.93. The molecule has 6 rings (SSSR count). The predicted molar refractivity (Wildman–Crippen MR) is 142 cm³/mol. The van der Waals surface area contributed by atoms with Crippen LogP contribution < -0.4 is 0 Å². The SMILES string of the molecule is N#Cc1cc(-n2cc(Cl)c3cc(C(=O)N4CC(N5CCN(C(=O)c6nccs6)CC5)C4)ccc32)ccc1F. The molecular formula is C27H22ClFN6O2S. The molecule has 0 unspecified atom stereocenters. The molecule has 2 aliphatic heterocycles. The van der Waals surface area contributed by atoms with E-state index in [9.17, 15) is 14.0 Å². The van der Waals surface area contributed by atoms with E-state index in [-0.39, 0.29) is 23.4 Å². The van der Waals surface area contributed by atoms with Gasteiger partial charge in [-0.15, -0.1) is 11.3 Å². The molecule has 0 N–H and O–H groups in total. The van der Waals surface area contributed by atoms with Gasteiger partial charge in [-0.05, 0) is 36.4 Å². The zero-order valence-electron chi connectivity index (χ0n) is 20.2. The van der Waals surface area contributed by atoms with E-state index in [1.807, 2.05) is 27.3 Å². The Labute approximate surface area is 227 Å². The molecule has 0 atom stereocenters. The average Bonchev–Trinajstić information content (AvgIpc) is 3.56. The lowest BCUT2D eigenvalue weighted by molar-refractivity contribution is 0.00854. The van der Waals surface area contributed by atoms with Gasteiger partial charge in [-0.3, -0.25) is 14.5 Å².